The Balaban J connectivity index is 2.02. The average Bonchev–Trinajstić information content (AvgIpc) is 2.75. The molecule has 0 saturated carbocycles. The number of halogens is 2. The topological polar surface area (TPSA) is 12.0 Å². The molecule has 1 aliphatic heterocycles. The summed E-state index contributed by atoms with van der Waals surface area (Å²) >= 11 is 6.09. The molecule has 0 spiro atoms. The number of rotatable bonds is 3. The SMILES string of the molecule is Cc1ccc(CC(F)C2CCCN2)c(Cl)c1. The first-order valence-electron chi connectivity index (χ1n) is 5.79. The second-order valence-corrected chi connectivity index (χ2v) is 4.93. The van der Waals surface area contributed by atoms with Crippen LogP contribution in [0.2, 0.25) is 5.02 Å². The van der Waals surface area contributed by atoms with Crippen molar-refractivity contribution in [3.63, 3.8) is 0 Å². The normalized spacial score (nSPS) is 22.3. The number of hydrogen-bond acceptors (Lipinski definition) is 1. The van der Waals surface area contributed by atoms with Gasteiger partial charge in [-0.05, 0) is 43.5 Å². The van der Waals surface area contributed by atoms with Gasteiger partial charge in [0.1, 0.15) is 6.17 Å². The monoisotopic (exact) mass is 241 g/mol. The zero-order valence-electron chi connectivity index (χ0n) is 9.47. The van der Waals surface area contributed by atoms with Crippen LogP contribution in [0.4, 0.5) is 4.39 Å². The Labute approximate surface area is 101 Å². The number of aryl methyl sites for hydroxylation is 1. The Morgan fingerprint density at radius 1 is 1.56 bits per heavy atom. The third kappa shape index (κ3) is 2.74. The largest absolute Gasteiger partial charge is 0.311 e. The zero-order valence-corrected chi connectivity index (χ0v) is 10.2. The Morgan fingerprint density at radius 2 is 2.38 bits per heavy atom. The number of hydrogen-bond donors (Lipinski definition) is 1. The van der Waals surface area contributed by atoms with Crippen LogP contribution in [0.5, 0.6) is 0 Å². The van der Waals surface area contributed by atoms with Crippen molar-refractivity contribution in [3.05, 3.63) is 34.3 Å². The predicted molar refractivity (Wildman–Crippen MR) is 65.8 cm³/mol. The van der Waals surface area contributed by atoms with Crippen molar-refractivity contribution in [2.24, 2.45) is 0 Å². The lowest BCUT2D eigenvalue weighted by atomic mass is 10.0. The van der Waals surface area contributed by atoms with Gasteiger partial charge in [0.15, 0.2) is 0 Å². The van der Waals surface area contributed by atoms with Crippen molar-refractivity contribution in [1.29, 1.82) is 0 Å². The lowest BCUT2D eigenvalue weighted by Gasteiger charge is -2.16. The summed E-state index contributed by atoms with van der Waals surface area (Å²) in [7, 11) is 0. The van der Waals surface area contributed by atoms with Crippen LogP contribution < -0.4 is 5.32 Å². The van der Waals surface area contributed by atoms with Crippen LogP contribution in [0.25, 0.3) is 0 Å². The van der Waals surface area contributed by atoms with Gasteiger partial charge in [0.25, 0.3) is 0 Å². The molecule has 1 aromatic rings. The van der Waals surface area contributed by atoms with E-state index in [9.17, 15) is 4.39 Å². The summed E-state index contributed by atoms with van der Waals surface area (Å²) in [5.41, 5.74) is 2.02. The molecule has 1 heterocycles. The van der Waals surface area contributed by atoms with Gasteiger partial charge < -0.3 is 5.32 Å². The third-order valence-corrected chi connectivity index (χ3v) is 3.51. The molecule has 1 fully saturated rings. The molecule has 1 aliphatic rings. The fraction of sp³-hybridized carbons (Fsp3) is 0.538. The summed E-state index contributed by atoms with van der Waals surface area (Å²) in [5, 5.41) is 3.87. The first kappa shape index (κ1) is 11.9. The van der Waals surface area contributed by atoms with Crippen LogP contribution >= 0.6 is 11.6 Å². The molecule has 0 amide bonds. The Bertz CT molecular complexity index is 361. The van der Waals surface area contributed by atoms with E-state index in [4.69, 9.17) is 11.6 Å². The van der Waals surface area contributed by atoms with Crippen molar-refractivity contribution in [1.82, 2.24) is 5.32 Å². The van der Waals surface area contributed by atoms with Gasteiger partial charge >= 0.3 is 0 Å². The van der Waals surface area contributed by atoms with Crippen LogP contribution in [0.1, 0.15) is 24.0 Å². The molecule has 0 aromatic heterocycles. The standard InChI is InChI=1S/C13H17ClFN/c1-9-4-5-10(11(14)7-9)8-12(15)13-3-2-6-16-13/h4-5,7,12-13,16H,2-3,6,8H2,1H3. The predicted octanol–water partition coefficient (Wildman–Crippen LogP) is 3.28. The van der Waals surface area contributed by atoms with E-state index in [0.29, 0.717) is 11.4 Å². The van der Waals surface area contributed by atoms with Crippen molar-refractivity contribution < 1.29 is 4.39 Å². The Hall–Kier alpha value is -0.600. The second kappa shape index (κ2) is 5.15. The molecule has 0 aliphatic carbocycles. The van der Waals surface area contributed by atoms with Crippen molar-refractivity contribution in [3.8, 4) is 0 Å². The lowest BCUT2D eigenvalue weighted by molar-refractivity contribution is 0.264. The summed E-state index contributed by atoms with van der Waals surface area (Å²) in [5.74, 6) is 0. The van der Waals surface area contributed by atoms with Crippen molar-refractivity contribution >= 4 is 11.6 Å². The van der Waals surface area contributed by atoms with Gasteiger partial charge in [-0.3, -0.25) is 0 Å². The van der Waals surface area contributed by atoms with E-state index in [2.05, 4.69) is 5.32 Å². The molecule has 3 heteroatoms. The fourth-order valence-electron chi connectivity index (χ4n) is 2.19. The Morgan fingerprint density at radius 3 is 3.00 bits per heavy atom. The summed E-state index contributed by atoms with van der Waals surface area (Å²) < 4.78 is 14.0. The van der Waals surface area contributed by atoms with Crippen LogP contribution in [0.15, 0.2) is 18.2 Å². The molecule has 1 nitrogen and oxygen atoms in total. The molecule has 0 radical (unpaired) electrons. The third-order valence-electron chi connectivity index (χ3n) is 3.16. The molecule has 2 unspecified atom stereocenters. The molecule has 1 saturated heterocycles. The van der Waals surface area contributed by atoms with Crippen LogP contribution in [0.3, 0.4) is 0 Å². The maximum Gasteiger partial charge on any atom is 0.119 e. The smallest absolute Gasteiger partial charge is 0.119 e. The quantitative estimate of drug-likeness (QED) is 0.857. The van der Waals surface area contributed by atoms with E-state index >= 15 is 0 Å². The molecule has 1 aromatic carbocycles. The minimum absolute atomic E-state index is 0.0115. The molecule has 16 heavy (non-hydrogen) atoms. The molecule has 88 valence electrons. The lowest BCUT2D eigenvalue weighted by Crippen LogP contribution is -2.33. The molecular formula is C13H17ClFN. The number of benzene rings is 1. The van der Waals surface area contributed by atoms with Gasteiger partial charge in [-0.15, -0.1) is 0 Å². The molecular weight excluding hydrogens is 225 g/mol. The zero-order chi connectivity index (χ0) is 11.5. The molecule has 2 atom stereocenters. The van der Waals surface area contributed by atoms with Crippen LogP contribution in [-0.2, 0) is 6.42 Å². The van der Waals surface area contributed by atoms with Crippen molar-refractivity contribution in [2.75, 3.05) is 6.54 Å². The van der Waals surface area contributed by atoms with Crippen LogP contribution in [0, 0.1) is 6.92 Å². The fourth-order valence-corrected chi connectivity index (χ4v) is 2.50. The van der Waals surface area contributed by atoms with Gasteiger partial charge in [0.2, 0.25) is 0 Å². The first-order valence-corrected chi connectivity index (χ1v) is 6.17. The summed E-state index contributed by atoms with van der Waals surface area (Å²) in [6, 6.07) is 5.82. The van der Waals surface area contributed by atoms with Gasteiger partial charge in [0, 0.05) is 17.5 Å². The van der Waals surface area contributed by atoms with Gasteiger partial charge in [0.05, 0.1) is 0 Å². The number of alkyl halides is 1. The summed E-state index contributed by atoms with van der Waals surface area (Å²) in [6.45, 7) is 2.92. The highest BCUT2D eigenvalue weighted by atomic mass is 35.5. The Kier molecular flexibility index (Phi) is 3.82. The summed E-state index contributed by atoms with van der Waals surface area (Å²) in [6.07, 6.45) is 1.59. The average molecular weight is 242 g/mol. The van der Waals surface area contributed by atoms with Gasteiger partial charge in [-0.2, -0.15) is 0 Å². The maximum atomic E-state index is 14.0. The molecule has 2 rings (SSSR count). The number of nitrogens with one attached hydrogen (secondary N) is 1. The highest BCUT2D eigenvalue weighted by Crippen LogP contribution is 2.22. The van der Waals surface area contributed by atoms with E-state index in [1.807, 2.05) is 25.1 Å². The van der Waals surface area contributed by atoms with Crippen molar-refractivity contribution in [2.45, 2.75) is 38.4 Å². The van der Waals surface area contributed by atoms with E-state index in [1.165, 1.54) is 0 Å². The molecule has 0 bridgehead atoms. The maximum absolute atomic E-state index is 14.0. The highest BCUT2D eigenvalue weighted by molar-refractivity contribution is 6.31. The highest BCUT2D eigenvalue weighted by Gasteiger charge is 2.24. The van der Waals surface area contributed by atoms with E-state index < -0.39 is 6.17 Å². The minimum atomic E-state index is -0.831. The van der Waals surface area contributed by atoms with E-state index in [0.717, 1.165) is 30.5 Å². The van der Waals surface area contributed by atoms with Gasteiger partial charge in [-0.1, -0.05) is 23.7 Å². The summed E-state index contributed by atoms with van der Waals surface area (Å²) in [4.78, 5) is 0. The van der Waals surface area contributed by atoms with Crippen LogP contribution in [-0.4, -0.2) is 18.8 Å². The van der Waals surface area contributed by atoms with E-state index in [1.54, 1.807) is 0 Å². The minimum Gasteiger partial charge on any atom is -0.311 e. The van der Waals surface area contributed by atoms with Gasteiger partial charge in [-0.25, -0.2) is 4.39 Å². The second-order valence-electron chi connectivity index (χ2n) is 4.52. The molecule has 1 N–H and O–H groups in total. The van der Waals surface area contributed by atoms with E-state index in [-0.39, 0.29) is 6.04 Å². The first-order chi connectivity index (χ1) is 7.66.